The van der Waals surface area contributed by atoms with Gasteiger partial charge in [0.05, 0.1) is 12.6 Å². The van der Waals surface area contributed by atoms with Gasteiger partial charge in [-0.3, -0.25) is 4.79 Å². The van der Waals surface area contributed by atoms with Crippen molar-refractivity contribution in [2.75, 3.05) is 24.7 Å². The molecule has 1 heterocycles. The molecule has 0 bridgehead atoms. The maximum absolute atomic E-state index is 12.6. The van der Waals surface area contributed by atoms with Crippen LogP contribution in [0.15, 0.2) is 30.5 Å². The van der Waals surface area contributed by atoms with Crippen molar-refractivity contribution in [3.63, 3.8) is 0 Å². The largest absolute Gasteiger partial charge is 0.504 e. The maximum Gasteiger partial charge on any atom is 0.319 e. The molecule has 0 unspecified atom stereocenters. The third-order valence-electron chi connectivity index (χ3n) is 3.84. The lowest BCUT2D eigenvalue weighted by Gasteiger charge is -2.33. The summed E-state index contributed by atoms with van der Waals surface area (Å²) in [5.41, 5.74) is 0.894. The van der Waals surface area contributed by atoms with Crippen molar-refractivity contribution >= 4 is 23.8 Å². The first kappa shape index (κ1) is 20.0. The van der Waals surface area contributed by atoms with Gasteiger partial charge in [0, 0.05) is 11.4 Å². The van der Waals surface area contributed by atoms with Crippen molar-refractivity contribution in [2.45, 2.75) is 19.9 Å². The van der Waals surface area contributed by atoms with Crippen LogP contribution < -0.4 is 15.4 Å². The lowest BCUT2D eigenvalue weighted by molar-refractivity contribution is -0.147. The van der Waals surface area contributed by atoms with Crippen LogP contribution in [0.2, 0.25) is 0 Å². The van der Waals surface area contributed by atoms with Crippen LogP contribution in [-0.2, 0) is 9.53 Å². The number of nitrogens with one attached hydrogen (secondary N) is 2. The van der Waals surface area contributed by atoms with Gasteiger partial charge in [-0.25, -0.2) is 4.79 Å². The van der Waals surface area contributed by atoms with E-state index in [1.807, 2.05) is 6.92 Å². The summed E-state index contributed by atoms with van der Waals surface area (Å²) in [7, 11) is 0. The van der Waals surface area contributed by atoms with E-state index >= 15 is 0 Å². The molecule has 1 aliphatic heterocycles. The normalized spacial score (nSPS) is 19.5. The summed E-state index contributed by atoms with van der Waals surface area (Å²) in [6.07, 6.45) is 0. The molecule has 0 spiro atoms. The molecule has 0 aliphatic carbocycles. The summed E-state index contributed by atoms with van der Waals surface area (Å²) in [4.78, 5) is 24.5. The summed E-state index contributed by atoms with van der Waals surface area (Å²) in [6.45, 7) is 8.31. The summed E-state index contributed by atoms with van der Waals surface area (Å²) in [6, 6.07) is 3.60. The first-order valence-corrected chi connectivity index (χ1v) is 9.59. The van der Waals surface area contributed by atoms with Gasteiger partial charge in [-0.05, 0) is 30.4 Å². The number of rotatable bonds is 8. The molecule has 8 heteroatoms. The van der Waals surface area contributed by atoms with E-state index in [4.69, 9.17) is 9.47 Å². The van der Waals surface area contributed by atoms with Gasteiger partial charge in [0.2, 0.25) is 0 Å². The Morgan fingerprint density at radius 1 is 1.38 bits per heavy atom. The molecule has 0 saturated carbocycles. The first-order chi connectivity index (χ1) is 12.5. The van der Waals surface area contributed by atoms with E-state index in [-0.39, 0.29) is 17.2 Å². The molecule has 1 fully saturated rings. The number of amides is 2. The SMILES string of the molecule is C=C1NC(=O)N[C@@H](c2ccc(O)c(OCC)c2)[C@H]1C(=O)OCCSCC. The number of hydrogen-bond acceptors (Lipinski definition) is 6. The molecule has 7 nitrogen and oxygen atoms in total. The Labute approximate surface area is 157 Å². The molecule has 1 aliphatic rings. The Kier molecular flexibility index (Phi) is 7.20. The highest BCUT2D eigenvalue weighted by atomic mass is 32.2. The number of benzene rings is 1. The predicted octanol–water partition coefficient (Wildman–Crippen LogP) is 2.57. The van der Waals surface area contributed by atoms with Crippen LogP contribution in [0.5, 0.6) is 11.5 Å². The standard InChI is InChI=1S/C18H24N2O5S/c1-4-24-14-10-12(6-7-13(14)21)16-15(11(3)19-18(23)20-16)17(22)25-8-9-26-5-2/h6-7,10,15-16,21H,3-5,8-9H2,1-2H3,(H2,19,20,23)/t15-,16-/m0/s1. The molecular formula is C18H24N2O5S. The number of urea groups is 1. The highest BCUT2D eigenvalue weighted by molar-refractivity contribution is 7.99. The number of hydrogen-bond donors (Lipinski definition) is 3. The molecular weight excluding hydrogens is 356 g/mol. The number of esters is 1. The molecule has 0 aromatic heterocycles. The van der Waals surface area contributed by atoms with Gasteiger partial charge in [-0.2, -0.15) is 11.8 Å². The smallest absolute Gasteiger partial charge is 0.319 e. The second-order valence-corrected chi connectivity index (χ2v) is 7.00. The first-order valence-electron chi connectivity index (χ1n) is 8.44. The Bertz CT molecular complexity index is 680. The second kappa shape index (κ2) is 9.38. The molecule has 1 saturated heterocycles. The van der Waals surface area contributed by atoms with Crippen LogP contribution in [0, 0.1) is 5.92 Å². The fourth-order valence-electron chi connectivity index (χ4n) is 2.67. The molecule has 2 amide bonds. The second-order valence-electron chi connectivity index (χ2n) is 5.60. The zero-order valence-corrected chi connectivity index (χ0v) is 15.7. The zero-order chi connectivity index (χ0) is 19.1. The Balaban J connectivity index is 2.24. The zero-order valence-electron chi connectivity index (χ0n) is 14.9. The lowest BCUT2D eigenvalue weighted by atomic mass is 9.89. The van der Waals surface area contributed by atoms with E-state index in [1.54, 1.807) is 30.8 Å². The van der Waals surface area contributed by atoms with Crippen LogP contribution in [-0.4, -0.2) is 41.8 Å². The van der Waals surface area contributed by atoms with E-state index in [0.29, 0.717) is 24.5 Å². The Morgan fingerprint density at radius 3 is 2.85 bits per heavy atom. The minimum Gasteiger partial charge on any atom is -0.504 e. The Morgan fingerprint density at radius 2 is 2.15 bits per heavy atom. The van der Waals surface area contributed by atoms with Crippen LogP contribution >= 0.6 is 11.8 Å². The van der Waals surface area contributed by atoms with Crippen molar-refractivity contribution in [1.82, 2.24) is 10.6 Å². The number of ether oxygens (including phenoxy) is 2. The number of carbonyl (C=O) groups excluding carboxylic acids is 2. The third-order valence-corrected chi connectivity index (χ3v) is 4.71. The van der Waals surface area contributed by atoms with Crippen molar-refractivity contribution in [3.05, 3.63) is 36.0 Å². The third kappa shape index (κ3) is 4.85. The number of phenolic OH excluding ortho intramolecular Hbond substituents is 1. The van der Waals surface area contributed by atoms with Crippen molar-refractivity contribution in [1.29, 1.82) is 0 Å². The van der Waals surface area contributed by atoms with Crippen molar-refractivity contribution in [2.24, 2.45) is 5.92 Å². The fraction of sp³-hybridized carbons (Fsp3) is 0.444. The van der Waals surface area contributed by atoms with Crippen LogP contribution in [0.25, 0.3) is 0 Å². The maximum atomic E-state index is 12.6. The topological polar surface area (TPSA) is 96.9 Å². The van der Waals surface area contributed by atoms with Crippen LogP contribution in [0.1, 0.15) is 25.5 Å². The summed E-state index contributed by atoms with van der Waals surface area (Å²) in [5.74, 6) is 0.690. The van der Waals surface area contributed by atoms with E-state index in [9.17, 15) is 14.7 Å². The predicted molar refractivity (Wildman–Crippen MR) is 100 cm³/mol. The minimum atomic E-state index is -0.779. The Hall–Kier alpha value is -2.35. The van der Waals surface area contributed by atoms with Gasteiger partial charge >= 0.3 is 12.0 Å². The highest BCUT2D eigenvalue weighted by Gasteiger charge is 2.39. The van der Waals surface area contributed by atoms with E-state index in [1.165, 1.54) is 6.07 Å². The minimum absolute atomic E-state index is 0.00888. The monoisotopic (exact) mass is 380 g/mol. The number of thioether (sulfide) groups is 1. The average molecular weight is 380 g/mol. The van der Waals surface area contributed by atoms with Crippen molar-refractivity contribution < 1.29 is 24.2 Å². The van der Waals surface area contributed by atoms with Crippen LogP contribution in [0.4, 0.5) is 4.79 Å². The number of carbonyl (C=O) groups is 2. The summed E-state index contributed by atoms with van der Waals surface area (Å²) >= 11 is 1.67. The van der Waals surface area contributed by atoms with Gasteiger partial charge in [0.25, 0.3) is 0 Å². The highest BCUT2D eigenvalue weighted by Crippen LogP contribution is 2.35. The molecule has 2 atom stereocenters. The molecule has 2 rings (SSSR count). The van der Waals surface area contributed by atoms with E-state index in [0.717, 1.165) is 5.75 Å². The van der Waals surface area contributed by atoms with Crippen LogP contribution in [0.3, 0.4) is 0 Å². The number of phenols is 1. The molecule has 3 N–H and O–H groups in total. The van der Waals surface area contributed by atoms with E-state index in [2.05, 4.69) is 17.2 Å². The van der Waals surface area contributed by atoms with Gasteiger partial charge < -0.3 is 25.2 Å². The van der Waals surface area contributed by atoms with Crippen molar-refractivity contribution in [3.8, 4) is 11.5 Å². The number of aromatic hydroxyl groups is 1. The summed E-state index contributed by atoms with van der Waals surface area (Å²) in [5, 5.41) is 15.1. The average Bonchev–Trinajstić information content (AvgIpc) is 2.60. The fourth-order valence-corrected chi connectivity index (χ4v) is 3.16. The molecule has 1 aromatic rings. The quantitative estimate of drug-likeness (QED) is 0.474. The lowest BCUT2D eigenvalue weighted by Crippen LogP contribution is -2.51. The summed E-state index contributed by atoms with van der Waals surface area (Å²) < 4.78 is 10.7. The molecule has 1 aromatic carbocycles. The molecule has 26 heavy (non-hydrogen) atoms. The molecule has 0 radical (unpaired) electrons. The molecule has 142 valence electrons. The van der Waals surface area contributed by atoms with E-state index < -0.39 is 24.0 Å². The van der Waals surface area contributed by atoms with Gasteiger partial charge in [-0.1, -0.05) is 19.6 Å². The van der Waals surface area contributed by atoms with Gasteiger partial charge in [0.1, 0.15) is 12.5 Å². The van der Waals surface area contributed by atoms with Gasteiger partial charge in [-0.15, -0.1) is 0 Å². The van der Waals surface area contributed by atoms with Gasteiger partial charge in [0.15, 0.2) is 11.5 Å².